The Morgan fingerprint density at radius 3 is 2.23 bits per heavy atom. The molecule has 1 aromatic carbocycles. The van der Waals surface area contributed by atoms with E-state index < -0.39 is 0 Å². The number of aromatic nitrogens is 3. The van der Waals surface area contributed by atoms with Crippen LogP contribution in [0.15, 0.2) is 30.3 Å². The zero-order valence-corrected chi connectivity index (χ0v) is 18.7. The lowest BCUT2D eigenvalue weighted by molar-refractivity contribution is 0.0717. The first-order valence-electron chi connectivity index (χ1n) is 11.1. The second-order valence-electron chi connectivity index (χ2n) is 11.1. The molecule has 4 nitrogen and oxygen atoms in total. The quantitative estimate of drug-likeness (QED) is 0.337. The van der Waals surface area contributed by atoms with Gasteiger partial charge in [-0.3, -0.25) is 4.40 Å². The van der Waals surface area contributed by atoms with Crippen molar-refractivity contribution in [3.05, 3.63) is 52.8 Å². The minimum absolute atomic E-state index is 0.00366. The number of nitrogens with zero attached hydrogens (tertiary/aromatic N) is 3. The van der Waals surface area contributed by atoms with Crippen LogP contribution in [0.3, 0.4) is 0 Å². The second-order valence-corrected chi connectivity index (χ2v) is 11.1. The predicted molar refractivity (Wildman–Crippen MR) is 121 cm³/mol. The summed E-state index contributed by atoms with van der Waals surface area (Å²) in [6.45, 7) is 13.4. The third-order valence-electron chi connectivity index (χ3n) is 6.80. The van der Waals surface area contributed by atoms with Crippen molar-refractivity contribution in [2.45, 2.75) is 77.4 Å². The predicted octanol–water partition coefficient (Wildman–Crippen LogP) is 6.54. The lowest BCUT2D eigenvalue weighted by atomic mass is 9.87. The van der Waals surface area contributed by atoms with E-state index in [-0.39, 0.29) is 23.0 Å². The Morgan fingerprint density at radius 1 is 0.867 bits per heavy atom. The smallest absolute Gasteiger partial charge is 0.178 e. The normalized spacial score (nSPS) is 21.3. The molecule has 4 heteroatoms. The first kappa shape index (κ1) is 18.3. The van der Waals surface area contributed by atoms with Gasteiger partial charge in [0.15, 0.2) is 5.65 Å². The topological polar surface area (TPSA) is 39.4 Å². The van der Waals surface area contributed by atoms with E-state index in [0.29, 0.717) is 0 Å². The molecule has 2 bridgehead atoms. The summed E-state index contributed by atoms with van der Waals surface area (Å²) >= 11 is 0. The minimum Gasteiger partial charge on any atom is -0.366 e. The number of fused-ring (bicyclic) bond motifs is 10. The van der Waals surface area contributed by atoms with Crippen molar-refractivity contribution in [1.29, 1.82) is 0 Å². The molecule has 1 saturated heterocycles. The first-order chi connectivity index (χ1) is 14.1. The monoisotopic (exact) mass is 399 g/mol. The highest BCUT2D eigenvalue weighted by Gasteiger charge is 2.38. The van der Waals surface area contributed by atoms with Gasteiger partial charge in [0, 0.05) is 27.6 Å². The third kappa shape index (κ3) is 2.43. The summed E-state index contributed by atoms with van der Waals surface area (Å²) < 4.78 is 8.53. The fraction of sp³-hybridized carbons (Fsp3) is 0.462. The maximum Gasteiger partial charge on any atom is 0.178 e. The number of imidazole rings is 1. The van der Waals surface area contributed by atoms with Crippen molar-refractivity contribution in [3.8, 4) is 0 Å². The van der Waals surface area contributed by atoms with Crippen LogP contribution in [0.25, 0.3) is 27.6 Å². The summed E-state index contributed by atoms with van der Waals surface area (Å²) in [7, 11) is 0. The Labute approximate surface area is 177 Å². The number of hydrogen-bond donors (Lipinski definition) is 0. The molecule has 0 saturated carbocycles. The summed E-state index contributed by atoms with van der Waals surface area (Å²) in [5.41, 5.74) is 7.99. The van der Waals surface area contributed by atoms with Gasteiger partial charge in [0.1, 0.15) is 5.65 Å². The zero-order valence-electron chi connectivity index (χ0n) is 18.7. The molecule has 154 valence electrons. The van der Waals surface area contributed by atoms with E-state index in [9.17, 15) is 0 Å². The van der Waals surface area contributed by atoms with Gasteiger partial charge < -0.3 is 4.74 Å². The van der Waals surface area contributed by atoms with E-state index in [1.807, 2.05) is 0 Å². The number of pyridine rings is 2. The molecule has 1 fully saturated rings. The maximum absolute atomic E-state index is 6.20. The van der Waals surface area contributed by atoms with Gasteiger partial charge in [-0.2, -0.15) is 0 Å². The van der Waals surface area contributed by atoms with Crippen molar-refractivity contribution in [1.82, 2.24) is 14.4 Å². The summed E-state index contributed by atoms with van der Waals surface area (Å²) in [6, 6.07) is 11.4. The average Bonchev–Trinajstić information content (AvgIpc) is 3.37. The molecule has 0 amide bonds. The van der Waals surface area contributed by atoms with E-state index >= 15 is 0 Å². The highest BCUT2D eigenvalue weighted by atomic mass is 16.5. The molecule has 6 rings (SSSR count). The van der Waals surface area contributed by atoms with Crippen LogP contribution in [-0.4, -0.2) is 14.4 Å². The Balaban J connectivity index is 1.74. The minimum atomic E-state index is -0.0166. The van der Waals surface area contributed by atoms with Crippen LogP contribution in [0.4, 0.5) is 0 Å². The summed E-state index contributed by atoms with van der Waals surface area (Å²) in [5.74, 6) is 0. The van der Waals surface area contributed by atoms with Crippen LogP contribution in [0, 0.1) is 0 Å². The molecule has 3 aromatic heterocycles. The molecule has 30 heavy (non-hydrogen) atoms. The fourth-order valence-corrected chi connectivity index (χ4v) is 5.18. The number of rotatable bonds is 0. The van der Waals surface area contributed by atoms with Crippen LogP contribution in [0.1, 0.15) is 89.1 Å². The van der Waals surface area contributed by atoms with Crippen LogP contribution in [-0.2, 0) is 15.6 Å². The van der Waals surface area contributed by atoms with Crippen LogP contribution in [0.5, 0.6) is 0 Å². The summed E-state index contributed by atoms with van der Waals surface area (Å²) in [5, 5.41) is 2.46. The maximum atomic E-state index is 6.20. The van der Waals surface area contributed by atoms with Gasteiger partial charge in [-0.25, -0.2) is 9.97 Å². The largest absolute Gasteiger partial charge is 0.366 e. The zero-order chi connectivity index (χ0) is 21.0. The van der Waals surface area contributed by atoms with Crippen LogP contribution >= 0.6 is 0 Å². The van der Waals surface area contributed by atoms with E-state index in [0.717, 1.165) is 35.3 Å². The van der Waals surface area contributed by atoms with E-state index in [4.69, 9.17) is 14.7 Å². The van der Waals surface area contributed by atoms with Crippen molar-refractivity contribution in [3.63, 3.8) is 0 Å². The Hall–Kier alpha value is -2.46. The molecule has 0 N–H and O–H groups in total. The van der Waals surface area contributed by atoms with Gasteiger partial charge in [-0.1, -0.05) is 41.5 Å². The lowest BCUT2D eigenvalue weighted by Crippen LogP contribution is -2.17. The summed E-state index contributed by atoms with van der Waals surface area (Å²) in [4.78, 5) is 10.1. The molecule has 2 aliphatic heterocycles. The molecule has 2 aliphatic rings. The van der Waals surface area contributed by atoms with Crippen molar-refractivity contribution in [2.24, 2.45) is 0 Å². The van der Waals surface area contributed by atoms with Gasteiger partial charge in [0.2, 0.25) is 0 Å². The highest BCUT2D eigenvalue weighted by Crippen LogP contribution is 2.52. The molecule has 0 spiro atoms. The SMILES string of the molecule is CC(C)(C)c1ccc2c(n1)nc1c3cc4c(cc3cc(C(C)(C)C)n21)C1CCC4O1. The van der Waals surface area contributed by atoms with Gasteiger partial charge in [-0.15, -0.1) is 0 Å². The average molecular weight is 400 g/mol. The Kier molecular flexibility index (Phi) is 3.43. The van der Waals surface area contributed by atoms with E-state index in [1.54, 1.807) is 0 Å². The molecule has 2 unspecified atom stereocenters. The van der Waals surface area contributed by atoms with Gasteiger partial charge in [-0.05, 0) is 59.7 Å². The van der Waals surface area contributed by atoms with Crippen molar-refractivity contribution < 1.29 is 4.74 Å². The number of hydrogen-bond acceptors (Lipinski definition) is 3. The van der Waals surface area contributed by atoms with Crippen LogP contribution in [0.2, 0.25) is 0 Å². The number of benzene rings is 1. The Morgan fingerprint density at radius 2 is 1.57 bits per heavy atom. The van der Waals surface area contributed by atoms with Gasteiger partial charge >= 0.3 is 0 Å². The third-order valence-corrected chi connectivity index (χ3v) is 6.80. The van der Waals surface area contributed by atoms with E-state index in [1.165, 1.54) is 27.6 Å². The fourth-order valence-electron chi connectivity index (χ4n) is 5.18. The molecular formula is C26H29N3O. The molecular weight excluding hydrogens is 370 g/mol. The second kappa shape index (κ2) is 5.61. The molecule has 5 heterocycles. The van der Waals surface area contributed by atoms with Gasteiger partial charge in [0.05, 0.1) is 17.7 Å². The lowest BCUT2D eigenvalue weighted by Gasteiger charge is -2.23. The standard InChI is InChI=1S/C26H29N3O/c1-25(2,3)21-10-7-18-23(27-21)28-24-15-13-17-16(19-8-9-20(17)30-19)11-14(15)12-22(29(18)24)26(4,5)6/h7,10-13,19-20H,8-9H2,1-6H3. The van der Waals surface area contributed by atoms with Gasteiger partial charge in [0.25, 0.3) is 0 Å². The highest BCUT2D eigenvalue weighted by molar-refractivity contribution is 5.99. The summed E-state index contributed by atoms with van der Waals surface area (Å²) in [6.07, 6.45) is 2.81. The molecule has 4 aromatic rings. The Bertz CT molecular complexity index is 1350. The van der Waals surface area contributed by atoms with Crippen molar-refractivity contribution in [2.75, 3.05) is 0 Å². The first-order valence-corrected chi connectivity index (χ1v) is 11.1. The molecule has 2 atom stereocenters. The molecule has 0 radical (unpaired) electrons. The van der Waals surface area contributed by atoms with Crippen molar-refractivity contribution >= 4 is 27.6 Å². The number of ether oxygens (including phenoxy) is 1. The van der Waals surface area contributed by atoms with E-state index in [2.05, 4.69) is 76.3 Å². The molecule has 0 aliphatic carbocycles. The van der Waals surface area contributed by atoms with Crippen LogP contribution < -0.4 is 0 Å².